The van der Waals surface area contributed by atoms with E-state index in [-0.39, 0.29) is 0 Å². The average molecular weight is 263 g/mol. The molecule has 0 fully saturated rings. The highest BCUT2D eigenvalue weighted by molar-refractivity contribution is 5.78. The molecule has 0 spiro atoms. The number of hydrogen-bond donors (Lipinski definition) is 3. The number of ether oxygens (including phenoxy) is 1. The summed E-state index contributed by atoms with van der Waals surface area (Å²) in [5.41, 5.74) is 6.98. The zero-order valence-corrected chi connectivity index (χ0v) is 11.6. The Kier molecular flexibility index (Phi) is 5.06. The molecule has 5 heteroatoms. The van der Waals surface area contributed by atoms with Crippen molar-refractivity contribution in [3.05, 3.63) is 29.8 Å². The summed E-state index contributed by atoms with van der Waals surface area (Å²) in [6, 6.07) is 6.71. The van der Waals surface area contributed by atoms with Gasteiger partial charge in [0.05, 0.1) is 6.34 Å². The number of rotatable bonds is 5. The summed E-state index contributed by atoms with van der Waals surface area (Å²) in [5, 5.41) is 9.87. The zero-order valence-electron chi connectivity index (χ0n) is 11.6. The van der Waals surface area contributed by atoms with Crippen LogP contribution in [0.5, 0.6) is 0 Å². The average Bonchev–Trinajstić information content (AvgIpc) is 2.29. The molecule has 1 unspecified atom stereocenters. The number of nitrogens with one attached hydrogen (secondary N) is 2. The highest BCUT2D eigenvalue weighted by Gasteiger charge is 2.22. The second-order valence-corrected chi connectivity index (χ2v) is 5.29. The van der Waals surface area contributed by atoms with Gasteiger partial charge in [0.25, 0.3) is 0 Å². The summed E-state index contributed by atoms with van der Waals surface area (Å²) < 4.78 is 5.24. The maximum atomic E-state index is 11.8. The Balaban J connectivity index is 2.74. The Morgan fingerprint density at radius 3 is 2.68 bits per heavy atom. The molecule has 1 aromatic rings. The standard InChI is InChI=1S/C14H21N3O2/c1-14(2,3)19-13(18)11(16)8-10-6-4-5-7-12(10)17-9-15/h4-7,9,11H,8,16H2,1-3H3,(H2,15,17). The first-order valence-corrected chi connectivity index (χ1v) is 6.15. The minimum Gasteiger partial charge on any atom is -0.459 e. The zero-order chi connectivity index (χ0) is 14.5. The number of hydrogen-bond acceptors (Lipinski definition) is 4. The molecule has 0 saturated carbocycles. The lowest BCUT2D eigenvalue weighted by Crippen LogP contribution is -2.38. The van der Waals surface area contributed by atoms with E-state index in [1.165, 1.54) is 0 Å². The fourth-order valence-corrected chi connectivity index (χ4v) is 1.61. The van der Waals surface area contributed by atoms with Crippen molar-refractivity contribution in [2.24, 2.45) is 5.73 Å². The number of benzene rings is 1. The van der Waals surface area contributed by atoms with Crippen LogP contribution in [-0.2, 0) is 16.0 Å². The highest BCUT2D eigenvalue weighted by Crippen LogP contribution is 2.17. The molecule has 0 radical (unpaired) electrons. The van der Waals surface area contributed by atoms with Crippen LogP contribution in [0.2, 0.25) is 0 Å². The van der Waals surface area contributed by atoms with E-state index in [0.29, 0.717) is 6.42 Å². The van der Waals surface area contributed by atoms with Crippen molar-refractivity contribution in [2.45, 2.75) is 38.8 Å². The van der Waals surface area contributed by atoms with Crippen molar-refractivity contribution in [3.8, 4) is 0 Å². The van der Waals surface area contributed by atoms with E-state index in [4.69, 9.17) is 15.9 Å². The fraction of sp³-hybridized carbons (Fsp3) is 0.429. The van der Waals surface area contributed by atoms with Crippen LogP contribution in [0.15, 0.2) is 24.3 Å². The molecule has 5 nitrogen and oxygen atoms in total. The van der Waals surface area contributed by atoms with Crippen LogP contribution >= 0.6 is 0 Å². The van der Waals surface area contributed by atoms with E-state index in [0.717, 1.165) is 17.6 Å². The largest absolute Gasteiger partial charge is 0.459 e. The molecule has 104 valence electrons. The Hall–Kier alpha value is -1.88. The Morgan fingerprint density at radius 2 is 2.11 bits per heavy atom. The molecule has 0 aliphatic heterocycles. The van der Waals surface area contributed by atoms with Gasteiger partial charge in [0, 0.05) is 12.1 Å². The SMILES string of the molecule is CC(C)(C)OC(=O)C(N)Cc1ccccc1NC=N. The monoisotopic (exact) mass is 263 g/mol. The van der Waals surface area contributed by atoms with Crippen molar-refractivity contribution in [1.82, 2.24) is 0 Å². The van der Waals surface area contributed by atoms with E-state index in [1.54, 1.807) is 0 Å². The lowest BCUT2D eigenvalue weighted by atomic mass is 10.0. The molecular formula is C14H21N3O2. The molecule has 1 atom stereocenters. The van der Waals surface area contributed by atoms with E-state index in [9.17, 15) is 4.79 Å². The van der Waals surface area contributed by atoms with E-state index in [2.05, 4.69) is 5.32 Å². The number of nitrogens with two attached hydrogens (primary N) is 1. The summed E-state index contributed by atoms with van der Waals surface area (Å²) in [6.45, 7) is 5.42. The van der Waals surface area contributed by atoms with Crippen LogP contribution in [0.1, 0.15) is 26.3 Å². The Morgan fingerprint density at radius 1 is 1.47 bits per heavy atom. The molecule has 1 aromatic carbocycles. The van der Waals surface area contributed by atoms with Gasteiger partial charge in [-0.15, -0.1) is 0 Å². The van der Waals surface area contributed by atoms with Crippen molar-refractivity contribution in [2.75, 3.05) is 5.32 Å². The molecule has 0 aliphatic carbocycles. The molecule has 0 aromatic heterocycles. The maximum Gasteiger partial charge on any atom is 0.323 e. The van der Waals surface area contributed by atoms with Gasteiger partial charge in [-0.25, -0.2) is 0 Å². The third-order valence-corrected chi connectivity index (χ3v) is 2.39. The normalized spacial score (nSPS) is 12.6. The van der Waals surface area contributed by atoms with E-state index in [1.807, 2.05) is 45.0 Å². The van der Waals surface area contributed by atoms with Gasteiger partial charge in [0.15, 0.2) is 0 Å². The Labute approximate surface area is 113 Å². The summed E-state index contributed by atoms with van der Waals surface area (Å²) in [4.78, 5) is 11.8. The molecule has 4 N–H and O–H groups in total. The van der Waals surface area contributed by atoms with Gasteiger partial charge < -0.3 is 15.8 Å². The third-order valence-electron chi connectivity index (χ3n) is 2.39. The van der Waals surface area contributed by atoms with Crippen molar-refractivity contribution < 1.29 is 9.53 Å². The number of esters is 1. The summed E-state index contributed by atoms with van der Waals surface area (Å²) >= 11 is 0. The molecular weight excluding hydrogens is 242 g/mol. The molecule has 0 aliphatic rings. The van der Waals surface area contributed by atoms with Gasteiger partial charge in [0.1, 0.15) is 11.6 Å². The topological polar surface area (TPSA) is 88.2 Å². The van der Waals surface area contributed by atoms with Gasteiger partial charge in [-0.2, -0.15) is 0 Å². The van der Waals surface area contributed by atoms with Gasteiger partial charge >= 0.3 is 5.97 Å². The van der Waals surface area contributed by atoms with Crippen molar-refractivity contribution in [3.63, 3.8) is 0 Å². The molecule has 0 amide bonds. The molecule has 0 heterocycles. The smallest absolute Gasteiger partial charge is 0.323 e. The minimum absolute atomic E-state index is 0.367. The molecule has 0 bridgehead atoms. The number of carbonyl (C=O) groups is 1. The molecule has 0 saturated heterocycles. The van der Waals surface area contributed by atoms with E-state index >= 15 is 0 Å². The van der Waals surface area contributed by atoms with Gasteiger partial charge in [-0.05, 0) is 32.4 Å². The summed E-state index contributed by atoms with van der Waals surface area (Å²) in [6.07, 6.45) is 1.46. The van der Waals surface area contributed by atoms with Crippen molar-refractivity contribution in [1.29, 1.82) is 5.41 Å². The highest BCUT2D eigenvalue weighted by atomic mass is 16.6. The second-order valence-electron chi connectivity index (χ2n) is 5.29. The molecule has 19 heavy (non-hydrogen) atoms. The predicted molar refractivity (Wildman–Crippen MR) is 76.4 cm³/mol. The summed E-state index contributed by atoms with van der Waals surface area (Å²) in [5.74, 6) is -0.419. The van der Waals surface area contributed by atoms with Crippen LogP contribution in [0.3, 0.4) is 0 Å². The quantitative estimate of drug-likeness (QED) is 0.430. The van der Waals surface area contributed by atoms with Crippen LogP contribution in [0.25, 0.3) is 0 Å². The number of anilines is 1. The minimum atomic E-state index is -0.715. The van der Waals surface area contributed by atoms with Crippen LogP contribution in [0.4, 0.5) is 5.69 Å². The van der Waals surface area contributed by atoms with Gasteiger partial charge in [-0.1, -0.05) is 18.2 Å². The number of carbonyl (C=O) groups excluding carboxylic acids is 1. The van der Waals surface area contributed by atoms with Crippen molar-refractivity contribution >= 4 is 18.0 Å². The lowest BCUT2D eigenvalue weighted by Gasteiger charge is -2.22. The third kappa shape index (κ3) is 5.09. The second kappa shape index (κ2) is 6.33. The molecule has 1 rings (SSSR count). The lowest BCUT2D eigenvalue weighted by molar-refractivity contribution is -0.156. The first-order chi connectivity index (χ1) is 8.83. The number of para-hydroxylation sites is 1. The van der Waals surface area contributed by atoms with Crippen LogP contribution < -0.4 is 11.1 Å². The first kappa shape index (κ1) is 15.2. The maximum absolute atomic E-state index is 11.8. The Bertz CT molecular complexity index is 452. The van der Waals surface area contributed by atoms with Gasteiger partial charge in [-0.3, -0.25) is 10.2 Å². The van der Waals surface area contributed by atoms with Crippen LogP contribution in [-0.4, -0.2) is 24.0 Å². The fourth-order valence-electron chi connectivity index (χ4n) is 1.61. The van der Waals surface area contributed by atoms with E-state index < -0.39 is 17.6 Å². The van der Waals surface area contributed by atoms with Gasteiger partial charge in [0.2, 0.25) is 0 Å². The summed E-state index contributed by atoms with van der Waals surface area (Å²) in [7, 11) is 0. The predicted octanol–water partition coefficient (Wildman–Crippen LogP) is 1.92. The first-order valence-electron chi connectivity index (χ1n) is 6.15. The van der Waals surface area contributed by atoms with Crippen LogP contribution in [0, 0.1) is 5.41 Å².